The van der Waals surface area contributed by atoms with Gasteiger partial charge in [0, 0.05) is 6.04 Å². The van der Waals surface area contributed by atoms with Gasteiger partial charge in [-0.1, -0.05) is 59.9 Å². The zero-order valence-electron chi connectivity index (χ0n) is 13.8. The molecule has 0 amide bonds. The zero-order chi connectivity index (χ0) is 18.0. The molecule has 0 atom stereocenters. The predicted molar refractivity (Wildman–Crippen MR) is 98.8 cm³/mol. The Morgan fingerprint density at radius 3 is 2.44 bits per heavy atom. The van der Waals surface area contributed by atoms with E-state index in [1.165, 1.54) is 12.1 Å². The summed E-state index contributed by atoms with van der Waals surface area (Å²) >= 11 is 7.37. The number of aryl methyl sites for hydroxylation is 1. The first-order chi connectivity index (χ1) is 11.9. The van der Waals surface area contributed by atoms with Gasteiger partial charge in [-0.2, -0.15) is 8.42 Å². The molecule has 0 spiro atoms. The highest BCUT2D eigenvalue weighted by molar-refractivity contribution is 7.90. The first-order valence-electron chi connectivity index (χ1n) is 8.16. The SMILES string of the molecule is Cc1ccc(S(=O)(=O)N=c2sc(C=O)c(Cl)n2C2CCCCC2)cc1. The second-order valence-corrected chi connectivity index (χ2v) is 9.17. The molecule has 2 aromatic rings. The molecule has 5 nitrogen and oxygen atoms in total. The molecule has 25 heavy (non-hydrogen) atoms. The van der Waals surface area contributed by atoms with E-state index in [4.69, 9.17) is 11.6 Å². The molecule has 3 rings (SSSR count). The number of carbonyl (C=O) groups excluding carboxylic acids is 1. The van der Waals surface area contributed by atoms with E-state index < -0.39 is 10.0 Å². The number of halogens is 1. The molecule has 0 saturated heterocycles. The second kappa shape index (κ2) is 7.43. The third-order valence-electron chi connectivity index (χ3n) is 4.39. The third-order valence-corrected chi connectivity index (χ3v) is 7.26. The fourth-order valence-corrected chi connectivity index (χ4v) is 5.57. The lowest BCUT2D eigenvalue weighted by atomic mass is 9.95. The van der Waals surface area contributed by atoms with Crippen molar-refractivity contribution in [1.82, 2.24) is 4.57 Å². The molecule has 0 radical (unpaired) electrons. The molecule has 1 fully saturated rings. The summed E-state index contributed by atoms with van der Waals surface area (Å²) in [5.41, 5.74) is 0.971. The van der Waals surface area contributed by atoms with E-state index >= 15 is 0 Å². The second-order valence-electron chi connectivity index (χ2n) is 6.20. The number of benzene rings is 1. The van der Waals surface area contributed by atoms with Crippen LogP contribution in [0.2, 0.25) is 5.15 Å². The highest BCUT2D eigenvalue weighted by Crippen LogP contribution is 2.31. The standard InChI is InChI=1S/C17H19ClN2O3S2/c1-12-7-9-14(10-8-12)25(22,23)19-17-20(13-5-3-2-4-6-13)16(18)15(11-21)24-17/h7-11,13H,2-6H2,1H3. The molecule has 0 unspecified atom stereocenters. The van der Waals surface area contributed by atoms with Crippen LogP contribution in [0.3, 0.4) is 0 Å². The van der Waals surface area contributed by atoms with Crippen LogP contribution in [-0.2, 0) is 10.0 Å². The third kappa shape index (κ3) is 3.88. The molecular formula is C17H19ClN2O3S2. The maximum atomic E-state index is 12.7. The van der Waals surface area contributed by atoms with Crippen LogP contribution in [0.15, 0.2) is 33.6 Å². The minimum atomic E-state index is -3.86. The lowest BCUT2D eigenvalue weighted by Crippen LogP contribution is -2.24. The van der Waals surface area contributed by atoms with Gasteiger partial charge < -0.3 is 4.57 Å². The summed E-state index contributed by atoms with van der Waals surface area (Å²) in [6, 6.07) is 6.62. The van der Waals surface area contributed by atoms with Crippen LogP contribution in [-0.4, -0.2) is 19.3 Å². The molecular weight excluding hydrogens is 380 g/mol. The predicted octanol–water partition coefficient (Wildman–Crippen LogP) is 4.12. The minimum absolute atomic E-state index is 0.0816. The van der Waals surface area contributed by atoms with Crippen molar-refractivity contribution in [2.24, 2.45) is 4.40 Å². The summed E-state index contributed by atoms with van der Waals surface area (Å²) in [7, 11) is -3.86. The maximum absolute atomic E-state index is 12.7. The van der Waals surface area contributed by atoms with E-state index in [1.54, 1.807) is 16.7 Å². The normalized spacial score (nSPS) is 17.0. The highest BCUT2D eigenvalue weighted by Gasteiger charge is 2.23. The van der Waals surface area contributed by atoms with Crippen molar-refractivity contribution in [2.45, 2.75) is 50.0 Å². The molecule has 1 aromatic carbocycles. The fraction of sp³-hybridized carbons (Fsp3) is 0.412. The Morgan fingerprint density at radius 2 is 1.84 bits per heavy atom. The molecule has 1 heterocycles. The number of hydrogen-bond acceptors (Lipinski definition) is 4. The summed E-state index contributed by atoms with van der Waals surface area (Å²) in [5, 5.41) is 0.282. The smallest absolute Gasteiger partial charge is 0.285 e. The van der Waals surface area contributed by atoms with Crippen LogP contribution >= 0.6 is 22.9 Å². The van der Waals surface area contributed by atoms with Gasteiger partial charge in [-0.05, 0) is 31.9 Å². The first-order valence-corrected chi connectivity index (χ1v) is 10.8. The number of carbonyl (C=O) groups is 1. The molecule has 0 bridgehead atoms. The topological polar surface area (TPSA) is 68.5 Å². The van der Waals surface area contributed by atoms with Crippen LogP contribution in [0.4, 0.5) is 0 Å². The molecule has 134 valence electrons. The van der Waals surface area contributed by atoms with Crippen molar-refractivity contribution < 1.29 is 13.2 Å². The van der Waals surface area contributed by atoms with Crippen LogP contribution in [0, 0.1) is 6.92 Å². The monoisotopic (exact) mass is 398 g/mol. The van der Waals surface area contributed by atoms with Crippen LogP contribution in [0.1, 0.15) is 53.4 Å². The number of aldehydes is 1. The average molecular weight is 399 g/mol. The van der Waals surface area contributed by atoms with Gasteiger partial charge >= 0.3 is 0 Å². The lowest BCUT2D eigenvalue weighted by Gasteiger charge is -2.23. The Hall–Kier alpha value is -1.44. The summed E-state index contributed by atoms with van der Waals surface area (Å²) < 4.78 is 31.0. The molecule has 8 heteroatoms. The number of hydrogen-bond donors (Lipinski definition) is 0. The Balaban J connectivity index is 2.13. The summed E-state index contributed by atoms with van der Waals surface area (Å²) in [6.45, 7) is 1.89. The van der Waals surface area contributed by atoms with Gasteiger partial charge in [-0.3, -0.25) is 4.79 Å². The van der Waals surface area contributed by atoms with Gasteiger partial charge in [0.15, 0.2) is 6.29 Å². The number of nitrogens with zero attached hydrogens (tertiary/aromatic N) is 2. The van der Waals surface area contributed by atoms with Gasteiger partial charge in [0.1, 0.15) is 10.0 Å². The fourth-order valence-electron chi connectivity index (χ4n) is 3.05. The molecule has 1 aliphatic rings. The van der Waals surface area contributed by atoms with Crippen molar-refractivity contribution in [1.29, 1.82) is 0 Å². The van der Waals surface area contributed by atoms with E-state index in [2.05, 4.69) is 4.40 Å². The number of thiazole rings is 1. The molecule has 0 aliphatic heterocycles. The Bertz CT molecular complexity index is 937. The molecule has 1 saturated carbocycles. The first kappa shape index (κ1) is 18.4. The van der Waals surface area contributed by atoms with E-state index in [1.807, 2.05) is 6.92 Å². The highest BCUT2D eigenvalue weighted by atomic mass is 35.5. The van der Waals surface area contributed by atoms with E-state index in [9.17, 15) is 13.2 Å². The molecule has 1 aliphatic carbocycles. The van der Waals surface area contributed by atoms with Crippen LogP contribution < -0.4 is 4.80 Å². The Labute approximate surface area is 156 Å². The largest absolute Gasteiger partial charge is 0.303 e. The summed E-state index contributed by atoms with van der Waals surface area (Å²) in [4.78, 5) is 12.0. The van der Waals surface area contributed by atoms with Gasteiger partial charge in [-0.25, -0.2) is 0 Å². The van der Waals surface area contributed by atoms with Crippen molar-refractivity contribution >= 4 is 39.2 Å². The summed E-state index contributed by atoms with van der Waals surface area (Å²) in [6.07, 6.45) is 5.76. The quantitative estimate of drug-likeness (QED) is 0.727. The van der Waals surface area contributed by atoms with Gasteiger partial charge in [-0.15, -0.1) is 4.40 Å². The summed E-state index contributed by atoms with van der Waals surface area (Å²) in [5.74, 6) is 0. The van der Waals surface area contributed by atoms with Gasteiger partial charge in [0.05, 0.1) is 4.90 Å². The van der Waals surface area contributed by atoms with Crippen LogP contribution in [0.5, 0.6) is 0 Å². The van der Waals surface area contributed by atoms with Crippen molar-refractivity contribution in [3.63, 3.8) is 0 Å². The number of aromatic nitrogens is 1. The van der Waals surface area contributed by atoms with E-state index in [-0.39, 0.29) is 20.9 Å². The maximum Gasteiger partial charge on any atom is 0.285 e. The van der Waals surface area contributed by atoms with Crippen molar-refractivity contribution in [3.8, 4) is 0 Å². The lowest BCUT2D eigenvalue weighted by molar-refractivity contribution is 0.112. The van der Waals surface area contributed by atoms with E-state index in [0.29, 0.717) is 11.2 Å². The van der Waals surface area contributed by atoms with Crippen molar-refractivity contribution in [2.75, 3.05) is 0 Å². The minimum Gasteiger partial charge on any atom is -0.303 e. The van der Waals surface area contributed by atoms with E-state index in [0.717, 1.165) is 49.0 Å². The van der Waals surface area contributed by atoms with Gasteiger partial charge in [0.25, 0.3) is 10.0 Å². The average Bonchev–Trinajstić information content (AvgIpc) is 2.90. The zero-order valence-corrected chi connectivity index (χ0v) is 16.2. The molecule has 0 N–H and O–H groups in total. The Morgan fingerprint density at radius 1 is 1.20 bits per heavy atom. The van der Waals surface area contributed by atoms with Gasteiger partial charge in [0.2, 0.25) is 4.80 Å². The number of sulfonamides is 1. The molecule has 1 aromatic heterocycles. The number of rotatable bonds is 4. The Kier molecular flexibility index (Phi) is 5.46. The van der Waals surface area contributed by atoms with Crippen LogP contribution in [0.25, 0.3) is 0 Å². The van der Waals surface area contributed by atoms with Crippen molar-refractivity contribution in [3.05, 3.63) is 44.7 Å².